The lowest BCUT2D eigenvalue weighted by Gasteiger charge is -1.98. The third kappa shape index (κ3) is 0.991. The molecule has 0 radical (unpaired) electrons. The molecule has 1 aromatic rings. The van der Waals surface area contributed by atoms with E-state index in [1.165, 1.54) is 6.07 Å². The van der Waals surface area contributed by atoms with Crippen LogP contribution in [0.3, 0.4) is 0 Å². The fourth-order valence-electron chi connectivity index (χ4n) is 0.921. The lowest BCUT2D eigenvalue weighted by Crippen LogP contribution is -1.92. The fourth-order valence-corrected chi connectivity index (χ4v) is 1.10. The second-order valence-corrected chi connectivity index (χ2v) is 2.68. The highest BCUT2D eigenvalue weighted by molar-refractivity contribution is 7.80. The maximum Gasteiger partial charge on any atom is 0.231 e. The van der Waals surface area contributed by atoms with Crippen molar-refractivity contribution in [2.24, 2.45) is 0 Å². The molecule has 0 saturated heterocycles. The van der Waals surface area contributed by atoms with E-state index in [2.05, 4.69) is 12.6 Å². The molecule has 0 fully saturated rings. The molecule has 0 bridgehead atoms. The normalized spacial score (nSPS) is 13.5. The smallest absolute Gasteiger partial charge is 0.231 e. The number of hydrogen-bond donors (Lipinski definition) is 2. The number of benzene rings is 1. The first kappa shape index (κ1) is 6.67. The molecule has 1 heterocycles. The van der Waals surface area contributed by atoms with Gasteiger partial charge in [-0.05, 0) is 0 Å². The summed E-state index contributed by atoms with van der Waals surface area (Å²) in [4.78, 5) is 0.495. The van der Waals surface area contributed by atoms with Gasteiger partial charge in [0.2, 0.25) is 6.79 Å². The SMILES string of the molecule is Oc1cc2c(cc1S)OCO2. The topological polar surface area (TPSA) is 38.7 Å². The van der Waals surface area contributed by atoms with Crippen molar-refractivity contribution < 1.29 is 14.6 Å². The van der Waals surface area contributed by atoms with E-state index in [4.69, 9.17) is 9.47 Å². The van der Waals surface area contributed by atoms with Crippen molar-refractivity contribution >= 4 is 12.6 Å². The van der Waals surface area contributed by atoms with E-state index in [0.29, 0.717) is 16.4 Å². The van der Waals surface area contributed by atoms with Gasteiger partial charge in [0.15, 0.2) is 11.5 Å². The number of thiol groups is 1. The van der Waals surface area contributed by atoms with Gasteiger partial charge in [0.05, 0.1) is 0 Å². The number of phenolic OH excluding ortho intramolecular Hbond substituents is 1. The predicted molar refractivity (Wildman–Crippen MR) is 41.5 cm³/mol. The Kier molecular flexibility index (Phi) is 1.35. The standard InChI is InChI=1S/C7H6O3S/c8-4-1-5-6(2-7(4)11)10-3-9-5/h1-2,8,11H,3H2. The molecular weight excluding hydrogens is 164 g/mol. The minimum atomic E-state index is 0.109. The molecule has 0 spiro atoms. The van der Waals surface area contributed by atoms with E-state index < -0.39 is 0 Å². The first-order chi connectivity index (χ1) is 5.27. The summed E-state index contributed by atoms with van der Waals surface area (Å²) in [6, 6.07) is 3.12. The van der Waals surface area contributed by atoms with Crippen LogP contribution in [-0.2, 0) is 0 Å². The molecule has 0 unspecified atom stereocenters. The van der Waals surface area contributed by atoms with Gasteiger partial charge in [0.25, 0.3) is 0 Å². The van der Waals surface area contributed by atoms with Crippen molar-refractivity contribution in [1.29, 1.82) is 0 Å². The zero-order chi connectivity index (χ0) is 7.84. The maximum atomic E-state index is 9.17. The van der Waals surface area contributed by atoms with E-state index in [1.54, 1.807) is 6.07 Å². The van der Waals surface area contributed by atoms with Crippen molar-refractivity contribution in [3.8, 4) is 17.2 Å². The number of hydrogen-bond acceptors (Lipinski definition) is 4. The molecule has 1 aliphatic heterocycles. The number of aromatic hydroxyl groups is 1. The van der Waals surface area contributed by atoms with Crippen molar-refractivity contribution in [2.75, 3.05) is 6.79 Å². The van der Waals surface area contributed by atoms with Crippen molar-refractivity contribution in [3.63, 3.8) is 0 Å². The van der Waals surface area contributed by atoms with Gasteiger partial charge in [-0.2, -0.15) is 0 Å². The molecule has 0 aliphatic carbocycles. The summed E-state index contributed by atoms with van der Waals surface area (Å²) in [6.07, 6.45) is 0. The molecule has 3 nitrogen and oxygen atoms in total. The Hall–Kier alpha value is -1.03. The number of phenols is 1. The summed E-state index contributed by atoms with van der Waals surface area (Å²) in [5.74, 6) is 1.31. The van der Waals surface area contributed by atoms with Gasteiger partial charge in [-0.25, -0.2) is 0 Å². The van der Waals surface area contributed by atoms with Crippen LogP contribution in [0.25, 0.3) is 0 Å². The highest BCUT2D eigenvalue weighted by atomic mass is 32.1. The fraction of sp³-hybridized carbons (Fsp3) is 0.143. The van der Waals surface area contributed by atoms with Crippen LogP contribution in [0.1, 0.15) is 0 Å². The van der Waals surface area contributed by atoms with Gasteiger partial charge >= 0.3 is 0 Å². The zero-order valence-electron chi connectivity index (χ0n) is 5.57. The van der Waals surface area contributed by atoms with Crippen LogP contribution in [0.5, 0.6) is 17.2 Å². The predicted octanol–water partition coefficient (Wildman–Crippen LogP) is 1.41. The van der Waals surface area contributed by atoms with Gasteiger partial charge in [-0.1, -0.05) is 0 Å². The van der Waals surface area contributed by atoms with Gasteiger partial charge in [-0.3, -0.25) is 0 Å². The summed E-state index contributed by atoms with van der Waals surface area (Å²) in [6.45, 7) is 0.214. The number of rotatable bonds is 0. The summed E-state index contributed by atoms with van der Waals surface area (Å²) < 4.78 is 10.1. The highest BCUT2D eigenvalue weighted by Crippen LogP contribution is 2.38. The number of ether oxygens (including phenoxy) is 2. The molecule has 58 valence electrons. The van der Waals surface area contributed by atoms with Crippen molar-refractivity contribution in [3.05, 3.63) is 12.1 Å². The lowest BCUT2D eigenvalue weighted by molar-refractivity contribution is 0.174. The van der Waals surface area contributed by atoms with Gasteiger partial charge in [0.1, 0.15) is 5.75 Å². The van der Waals surface area contributed by atoms with E-state index in [9.17, 15) is 5.11 Å². The Morgan fingerprint density at radius 1 is 1.27 bits per heavy atom. The summed E-state index contributed by atoms with van der Waals surface area (Å²) in [5, 5.41) is 9.17. The van der Waals surface area contributed by atoms with Crippen LogP contribution in [0, 0.1) is 0 Å². The maximum absolute atomic E-state index is 9.17. The molecular formula is C7H6O3S. The Balaban J connectivity index is 2.57. The third-order valence-electron chi connectivity index (χ3n) is 1.47. The van der Waals surface area contributed by atoms with Gasteiger partial charge in [-0.15, -0.1) is 12.6 Å². The van der Waals surface area contributed by atoms with E-state index in [-0.39, 0.29) is 12.5 Å². The van der Waals surface area contributed by atoms with Crippen LogP contribution in [0.15, 0.2) is 17.0 Å². The highest BCUT2D eigenvalue weighted by Gasteiger charge is 2.15. The van der Waals surface area contributed by atoms with Gasteiger partial charge in [0, 0.05) is 17.0 Å². The summed E-state index contributed by atoms with van der Waals surface area (Å²) in [7, 11) is 0. The Morgan fingerprint density at radius 2 is 1.91 bits per heavy atom. The molecule has 11 heavy (non-hydrogen) atoms. The molecule has 1 N–H and O–H groups in total. The largest absolute Gasteiger partial charge is 0.507 e. The molecule has 1 aliphatic rings. The minimum Gasteiger partial charge on any atom is -0.507 e. The van der Waals surface area contributed by atoms with E-state index in [1.807, 2.05) is 0 Å². The average Bonchev–Trinajstić information content (AvgIpc) is 2.36. The zero-order valence-corrected chi connectivity index (χ0v) is 6.47. The number of fused-ring (bicyclic) bond motifs is 1. The first-order valence-corrected chi connectivity index (χ1v) is 3.53. The monoisotopic (exact) mass is 170 g/mol. The van der Waals surface area contributed by atoms with Crippen LogP contribution in [-0.4, -0.2) is 11.9 Å². The van der Waals surface area contributed by atoms with E-state index in [0.717, 1.165) is 0 Å². The van der Waals surface area contributed by atoms with Crippen molar-refractivity contribution in [1.82, 2.24) is 0 Å². The quantitative estimate of drug-likeness (QED) is 0.578. The lowest BCUT2D eigenvalue weighted by atomic mass is 10.3. The van der Waals surface area contributed by atoms with Crippen molar-refractivity contribution in [2.45, 2.75) is 4.90 Å². The molecule has 0 amide bonds. The molecule has 0 aromatic heterocycles. The minimum absolute atomic E-state index is 0.109. The van der Waals surface area contributed by atoms with Crippen LogP contribution >= 0.6 is 12.6 Å². The molecule has 4 heteroatoms. The molecule has 2 rings (SSSR count). The summed E-state index contributed by atoms with van der Waals surface area (Å²) in [5.41, 5.74) is 0. The Morgan fingerprint density at radius 3 is 2.64 bits per heavy atom. The van der Waals surface area contributed by atoms with Crippen LogP contribution in [0.4, 0.5) is 0 Å². The van der Waals surface area contributed by atoms with Crippen LogP contribution < -0.4 is 9.47 Å². The average molecular weight is 170 g/mol. The first-order valence-electron chi connectivity index (χ1n) is 3.09. The second kappa shape index (κ2) is 2.23. The van der Waals surface area contributed by atoms with Crippen LogP contribution in [0.2, 0.25) is 0 Å². The molecule has 1 aromatic carbocycles. The molecule has 0 saturated carbocycles. The Bertz CT molecular complexity index is 269. The second-order valence-electron chi connectivity index (χ2n) is 2.19. The molecule has 0 atom stereocenters. The Labute approximate surface area is 69.0 Å². The van der Waals surface area contributed by atoms with E-state index >= 15 is 0 Å². The van der Waals surface area contributed by atoms with Gasteiger partial charge < -0.3 is 14.6 Å². The summed E-state index contributed by atoms with van der Waals surface area (Å²) >= 11 is 4.01. The third-order valence-corrected chi connectivity index (χ3v) is 1.83.